The molecule has 0 aliphatic carbocycles. The van der Waals surface area contributed by atoms with Crippen molar-refractivity contribution in [1.29, 1.82) is 0 Å². The maximum Gasteiger partial charge on any atom is 0.251 e. The largest absolute Gasteiger partial charge is 0.291 e. The first-order valence-corrected chi connectivity index (χ1v) is 10.7. The molecule has 2 saturated heterocycles. The standard InChI is InChI=1S/C20H19FN6O2S/c21-13-3-5-14(6-4-13)26-18(28)12-16(20(26)29)25-9-7-15(8-10-25)27-23-19(22-24-27)17-2-1-11-30-17/h1-6,11,15-16H,7-10,12H2/t16-/m0/s1. The number of carbonyl (C=O) groups excluding carboxylic acids is 2. The number of benzene rings is 1. The van der Waals surface area contributed by atoms with Crippen molar-refractivity contribution in [3.63, 3.8) is 0 Å². The van der Waals surface area contributed by atoms with Gasteiger partial charge in [-0.15, -0.1) is 21.5 Å². The van der Waals surface area contributed by atoms with E-state index in [2.05, 4.69) is 20.3 Å². The summed E-state index contributed by atoms with van der Waals surface area (Å²) in [4.78, 5) is 31.3. The summed E-state index contributed by atoms with van der Waals surface area (Å²) < 4.78 is 13.2. The zero-order chi connectivity index (χ0) is 20.7. The number of piperidine rings is 1. The van der Waals surface area contributed by atoms with Crippen LogP contribution in [0.25, 0.3) is 10.7 Å². The van der Waals surface area contributed by atoms with E-state index in [0.29, 0.717) is 24.6 Å². The lowest BCUT2D eigenvalue weighted by molar-refractivity contribution is -0.123. The van der Waals surface area contributed by atoms with E-state index in [1.165, 1.54) is 29.2 Å². The highest BCUT2D eigenvalue weighted by Gasteiger charge is 2.43. The van der Waals surface area contributed by atoms with Gasteiger partial charge in [-0.25, -0.2) is 9.29 Å². The van der Waals surface area contributed by atoms with E-state index in [4.69, 9.17) is 0 Å². The van der Waals surface area contributed by atoms with Crippen LogP contribution in [0, 0.1) is 5.82 Å². The summed E-state index contributed by atoms with van der Waals surface area (Å²) >= 11 is 1.57. The number of amides is 2. The Hall–Kier alpha value is -2.98. The monoisotopic (exact) mass is 426 g/mol. The van der Waals surface area contributed by atoms with E-state index < -0.39 is 11.9 Å². The third-order valence-electron chi connectivity index (χ3n) is 5.64. The molecule has 2 fully saturated rings. The number of carbonyl (C=O) groups is 2. The molecule has 30 heavy (non-hydrogen) atoms. The average molecular weight is 426 g/mol. The van der Waals surface area contributed by atoms with E-state index in [9.17, 15) is 14.0 Å². The predicted octanol–water partition coefficient (Wildman–Crippen LogP) is 2.51. The predicted molar refractivity (Wildman–Crippen MR) is 108 cm³/mol. The molecule has 2 aliphatic rings. The zero-order valence-electron chi connectivity index (χ0n) is 16.0. The molecule has 4 heterocycles. The number of likely N-dealkylation sites (tertiary alicyclic amines) is 1. The van der Waals surface area contributed by atoms with Crippen LogP contribution in [0.1, 0.15) is 25.3 Å². The van der Waals surface area contributed by atoms with Crippen LogP contribution < -0.4 is 4.90 Å². The van der Waals surface area contributed by atoms with Gasteiger partial charge in [-0.05, 0) is 53.8 Å². The van der Waals surface area contributed by atoms with Gasteiger partial charge < -0.3 is 0 Å². The molecule has 0 unspecified atom stereocenters. The van der Waals surface area contributed by atoms with Gasteiger partial charge in [0.15, 0.2) is 0 Å². The smallest absolute Gasteiger partial charge is 0.251 e. The number of nitrogens with zero attached hydrogens (tertiary/aromatic N) is 6. The fourth-order valence-corrected chi connectivity index (χ4v) is 4.72. The van der Waals surface area contributed by atoms with Crippen molar-refractivity contribution < 1.29 is 14.0 Å². The van der Waals surface area contributed by atoms with Crippen LogP contribution >= 0.6 is 11.3 Å². The number of halogens is 1. The maximum absolute atomic E-state index is 13.2. The van der Waals surface area contributed by atoms with Crippen LogP contribution in [0.5, 0.6) is 0 Å². The van der Waals surface area contributed by atoms with Gasteiger partial charge in [0, 0.05) is 13.1 Å². The molecule has 5 rings (SSSR count). The molecule has 0 bridgehead atoms. The number of thiophene rings is 1. The zero-order valence-corrected chi connectivity index (χ0v) is 16.8. The molecule has 0 N–H and O–H groups in total. The van der Waals surface area contributed by atoms with E-state index in [-0.39, 0.29) is 24.3 Å². The average Bonchev–Trinajstić information content (AvgIpc) is 3.50. The van der Waals surface area contributed by atoms with Crippen molar-refractivity contribution in [3.05, 3.63) is 47.6 Å². The molecule has 1 aromatic carbocycles. The van der Waals surface area contributed by atoms with Gasteiger partial charge in [0.2, 0.25) is 11.7 Å². The quantitative estimate of drug-likeness (QED) is 0.596. The molecule has 0 spiro atoms. The normalized spacial score (nSPS) is 21.0. The second-order valence-corrected chi connectivity index (χ2v) is 8.39. The summed E-state index contributed by atoms with van der Waals surface area (Å²) in [7, 11) is 0. The molecule has 2 aliphatic heterocycles. The fourth-order valence-electron chi connectivity index (χ4n) is 4.08. The summed E-state index contributed by atoms with van der Waals surface area (Å²) in [6.07, 6.45) is 1.69. The molecular weight excluding hydrogens is 407 g/mol. The molecule has 0 saturated carbocycles. The third kappa shape index (κ3) is 3.41. The van der Waals surface area contributed by atoms with Crippen LogP contribution in [0.4, 0.5) is 10.1 Å². The van der Waals surface area contributed by atoms with E-state index in [0.717, 1.165) is 17.7 Å². The number of tetrazole rings is 1. The summed E-state index contributed by atoms with van der Waals surface area (Å²) in [5.41, 5.74) is 0.414. The SMILES string of the molecule is O=C1C[C@H](N2CCC(n3nnc(-c4cccs4)n3)CC2)C(=O)N1c1ccc(F)cc1. The number of hydrogen-bond donors (Lipinski definition) is 0. The second kappa shape index (κ2) is 7.69. The Bertz CT molecular complexity index is 1060. The number of anilines is 1. The van der Waals surface area contributed by atoms with Crippen LogP contribution in [0.15, 0.2) is 41.8 Å². The lowest BCUT2D eigenvalue weighted by Gasteiger charge is -2.34. The summed E-state index contributed by atoms with van der Waals surface area (Å²) in [6.45, 7) is 1.34. The van der Waals surface area contributed by atoms with Gasteiger partial charge in [-0.1, -0.05) is 6.07 Å². The highest BCUT2D eigenvalue weighted by Crippen LogP contribution is 2.30. The minimum Gasteiger partial charge on any atom is -0.291 e. The van der Waals surface area contributed by atoms with Gasteiger partial charge >= 0.3 is 0 Å². The van der Waals surface area contributed by atoms with Crippen molar-refractivity contribution in [2.75, 3.05) is 18.0 Å². The van der Waals surface area contributed by atoms with Gasteiger partial charge in [0.1, 0.15) is 5.82 Å². The molecule has 2 aromatic heterocycles. The van der Waals surface area contributed by atoms with Crippen molar-refractivity contribution in [2.45, 2.75) is 31.3 Å². The van der Waals surface area contributed by atoms with Gasteiger partial charge in [0.25, 0.3) is 5.91 Å². The van der Waals surface area contributed by atoms with Crippen molar-refractivity contribution in [2.24, 2.45) is 0 Å². The molecular formula is C20H19FN6O2S. The van der Waals surface area contributed by atoms with E-state index in [1.807, 2.05) is 17.5 Å². The van der Waals surface area contributed by atoms with Crippen LogP contribution in [-0.2, 0) is 9.59 Å². The molecule has 1 atom stereocenters. The third-order valence-corrected chi connectivity index (χ3v) is 6.51. The molecule has 154 valence electrons. The summed E-state index contributed by atoms with van der Waals surface area (Å²) in [5.74, 6) is -0.277. The van der Waals surface area contributed by atoms with Crippen LogP contribution in [0.2, 0.25) is 0 Å². The first-order valence-electron chi connectivity index (χ1n) is 9.80. The van der Waals surface area contributed by atoms with E-state index >= 15 is 0 Å². The first kappa shape index (κ1) is 19.0. The van der Waals surface area contributed by atoms with E-state index in [1.54, 1.807) is 16.1 Å². The first-order chi connectivity index (χ1) is 14.6. The molecule has 3 aromatic rings. The Morgan fingerprint density at radius 1 is 1.07 bits per heavy atom. The van der Waals surface area contributed by atoms with Gasteiger partial charge in [0.05, 0.1) is 29.1 Å². The second-order valence-electron chi connectivity index (χ2n) is 7.44. The number of rotatable bonds is 4. The van der Waals surface area contributed by atoms with Crippen molar-refractivity contribution >= 4 is 28.8 Å². The highest BCUT2D eigenvalue weighted by molar-refractivity contribution is 7.13. The Morgan fingerprint density at radius 2 is 1.83 bits per heavy atom. The summed E-state index contributed by atoms with van der Waals surface area (Å²) in [6, 6.07) is 8.98. The van der Waals surface area contributed by atoms with Crippen LogP contribution in [-0.4, -0.2) is 56.1 Å². The highest BCUT2D eigenvalue weighted by atomic mass is 32.1. The number of imide groups is 1. The number of hydrogen-bond acceptors (Lipinski definition) is 7. The molecule has 2 amide bonds. The topological polar surface area (TPSA) is 84.2 Å². The van der Waals surface area contributed by atoms with Gasteiger partial charge in [-0.3, -0.25) is 14.5 Å². The maximum atomic E-state index is 13.2. The lowest BCUT2D eigenvalue weighted by atomic mass is 10.0. The summed E-state index contributed by atoms with van der Waals surface area (Å²) in [5, 5.41) is 14.8. The Morgan fingerprint density at radius 3 is 2.53 bits per heavy atom. The Kier molecular flexibility index (Phi) is 4.87. The van der Waals surface area contributed by atoms with Crippen molar-refractivity contribution in [1.82, 2.24) is 25.1 Å². The lowest BCUT2D eigenvalue weighted by Crippen LogP contribution is -2.46. The molecule has 10 heteroatoms. The Balaban J connectivity index is 1.24. The Labute approximate surface area is 175 Å². The fraction of sp³-hybridized carbons (Fsp3) is 0.350. The van der Waals surface area contributed by atoms with Gasteiger partial charge in [-0.2, -0.15) is 4.80 Å². The van der Waals surface area contributed by atoms with Crippen LogP contribution in [0.3, 0.4) is 0 Å². The van der Waals surface area contributed by atoms with Crippen molar-refractivity contribution in [3.8, 4) is 10.7 Å². The number of aromatic nitrogens is 4. The minimum absolute atomic E-state index is 0.114. The molecule has 8 nitrogen and oxygen atoms in total. The molecule has 0 radical (unpaired) electrons. The minimum atomic E-state index is -0.478.